The Bertz CT molecular complexity index is 487. The van der Waals surface area contributed by atoms with Crippen LogP contribution in [0.4, 0.5) is 0 Å². The average molecular weight is 305 g/mol. The number of guanidine groups is 1. The number of rotatable bonds is 8. The number of hydrogen-bond acceptors (Lipinski definition) is 3. The molecule has 1 aromatic carbocycles. The maximum absolute atomic E-state index is 11.2. The Morgan fingerprint density at radius 1 is 1.18 bits per heavy atom. The maximum atomic E-state index is 11.2. The third-order valence-corrected chi connectivity index (χ3v) is 3.32. The quantitative estimate of drug-likeness (QED) is 0.335. The summed E-state index contributed by atoms with van der Waals surface area (Å²) in [6.07, 6.45) is 2.17. The molecule has 5 nitrogen and oxygen atoms in total. The fraction of sp³-hybridized carbons (Fsp3) is 0.529. The first kappa shape index (κ1) is 18.0. The predicted molar refractivity (Wildman–Crippen MR) is 89.9 cm³/mol. The lowest BCUT2D eigenvalue weighted by Crippen LogP contribution is -2.37. The molecule has 0 amide bonds. The van der Waals surface area contributed by atoms with E-state index in [9.17, 15) is 4.79 Å². The van der Waals surface area contributed by atoms with Crippen LogP contribution in [0.5, 0.6) is 0 Å². The van der Waals surface area contributed by atoms with Gasteiger partial charge in [0.05, 0.1) is 6.61 Å². The van der Waals surface area contributed by atoms with Crippen LogP contribution in [0.3, 0.4) is 0 Å². The molecular weight excluding hydrogens is 278 g/mol. The zero-order chi connectivity index (χ0) is 16.2. The molecular formula is C17H27N3O2. The summed E-state index contributed by atoms with van der Waals surface area (Å²) >= 11 is 0. The van der Waals surface area contributed by atoms with E-state index in [4.69, 9.17) is 4.74 Å². The third-order valence-electron chi connectivity index (χ3n) is 3.32. The first-order valence-corrected chi connectivity index (χ1v) is 7.88. The standard InChI is InChI=1S/C17H27N3O2/c1-4-14-9-6-7-10-15(14)13-20-17(18-3)19-12-8-11-16(21)22-5-2/h6-7,9-10H,4-5,8,11-13H2,1-3H3,(H2,18,19,20). The highest BCUT2D eigenvalue weighted by molar-refractivity contribution is 5.79. The fourth-order valence-electron chi connectivity index (χ4n) is 2.15. The molecule has 0 radical (unpaired) electrons. The number of aryl methyl sites for hydroxylation is 1. The van der Waals surface area contributed by atoms with Crippen LogP contribution in [0.1, 0.15) is 37.8 Å². The summed E-state index contributed by atoms with van der Waals surface area (Å²) in [6, 6.07) is 8.38. The van der Waals surface area contributed by atoms with Crippen LogP contribution in [0.15, 0.2) is 29.3 Å². The number of nitrogens with zero attached hydrogens (tertiary/aromatic N) is 1. The van der Waals surface area contributed by atoms with Crippen LogP contribution in [-0.2, 0) is 22.5 Å². The second kappa shape index (κ2) is 10.7. The van der Waals surface area contributed by atoms with Crippen molar-refractivity contribution in [2.24, 2.45) is 4.99 Å². The number of hydrogen-bond donors (Lipinski definition) is 2. The molecule has 0 fully saturated rings. The molecule has 122 valence electrons. The van der Waals surface area contributed by atoms with Gasteiger partial charge in [-0.25, -0.2) is 0 Å². The highest BCUT2D eigenvalue weighted by Gasteiger charge is 2.03. The topological polar surface area (TPSA) is 62.7 Å². The van der Waals surface area contributed by atoms with Crippen LogP contribution in [-0.4, -0.2) is 32.1 Å². The Morgan fingerprint density at radius 2 is 1.91 bits per heavy atom. The SMILES string of the molecule is CCOC(=O)CCCNC(=NC)NCc1ccccc1CC. The Hall–Kier alpha value is -2.04. The van der Waals surface area contributed by atoms with Crippen molar-refractivity contribution in [1.82, 2.24) is 10.6 Å². The molecule has 0 spiro atoms. The molecule has 5 heteroatoms. The van der Waals surface area contributed by atoms with Crippen LogP contribution in [0.2, 0.25) is 0 Å². The van der Waals surface area contributed by atoms with Crippen LogP contribution >= 0.6 is 0 Å². The van der Waals surface area contributed by atoms with Crippen molar-refractivity contribution in [3.63, 3.8) is 0 Å². The number of nitrogens with one attached hydrogen (secondary N) is 2. The molecule has 0 aliphatic carbocycles. The molecule has 0 atom stereocenters. The molecule has 0 unspecified atom stereocenters. The Kier molecular flexibility index (Phi) is 8.72. The minimum atomic E-state index is -0.149. The Labute approximate surface area is 133 Å². The molecule has 1 rings (SSSR count). The molecule has 0 heterocycles. The van der Waals surface area contributed by atoms with Gasteiger partial charge in [-0.15, -0.1) is 0 Å². The normalized spacial score (nSPS) is 11.1. The molecule has 0 aromatic heterocycles. The van der Waals surface area contributed by atoms with Crippen LogP contribution in [0, 0.1) is 0 Å². The van der Waals surface area contributed by atoms with Gasteiger partial charge in [0.25, 0.3) is 0 Å². The second-order valence-electron chi connectivity index (χ2n) is 4.88. The monoisotopic (exact) mass is 305 g/mol. The fourth-order valence-corrected chi connectivity index (χ4v) is 2.15. The van der Waals surface area contributed by atoms with Gasteiger partial charge in [-0.05, 0) is 30.9 Å². The first-order chi connectivity index (χ1) is 10.7. The van der Waals surface area contributed by atoms with Gasteiger partial charge in [0.1, 0.15) is 0 Å². The van der Waals surface area contributed by atoms with Gasteiger partial charge in [-0.1, -0.05) is 31.2 Å². The maximum Gasteiger partial charge on any atom is 0.305 e. The molecule has 1 aromatic rings. The zero-order valence-electron chi connectivity index (χ0n) is 13.8. The zero-order valence-corrected chi connectivity index (χ0v) is 13.8. The minimum absolute atomic E-state index is 0.149. The van der Waals surface area contributed by atoms with Crippen molar-refractivity contribution in [2.45, 2.75) is 39.7 Å². The van der Waals surface area contributed by atoms with Crippen LogP contribution < -0.4 is 10.6 Å². The largest absolute Gasteiger partial charge is 0.466 e. The third kappa shape index (κ3) is 6.61. The molecule has 0 bridgehead atoms. The van der Waals surface area contributed by atoms with E-state index in [0.717, 1.165) is 25.3 Å². The van der Waals surface area contributed by atoms with E-state index >= 15 is 0 Å². The Morgan fingerprint density at radius 3 is 2.55 bits per heavy atom. The smallest absolute Gasteiger partial charge is 0.305 e. The number of aliphatic imine (C=N–C) groups is 1. The number of benzene rings is 1. The molecule has 22 heavy (non-hydrogen) atoms. The summed E-state index contributed by atoms with van der Waals surface area (Å²) < 4.78 is 4.89. The minimum Gasteiger partial charge on any atom is -0.466 e. The summed E-state index contributed by atoms with van der Waals surface area (Å²) in [6.45, 7) is 5.83. The van der Waals surface area contributed by atoms with Crippen molar-refractivity contribution in [2.75, 3.05) is 20.2 Å². The van der Waals surface area contributed by atoms with Crippen molar-refractivity contribution >= 4 is 11.9 Å². The van der Waals surface area contributed by atoms with E-state index in [-0.39, 0.29) is 5.97 Å². The summed E-state index contributed by atoms with van der Waals surface area (Å²) in [5.74, 6) is 0.596. The number of carbonyl (C=O) groups excluding carboxylic acids is 1. The van der Waals surface area contributed by atoms with Gasteiger partial charge < -0.3 is 15.4 Å². The number of esters is 1. The summed E-state index contributed by atoms with van der Waals surface area (Å²) in [4.78, 5) is 15.4. The molecule has 0 saturated carbocycles. The van der Waals surface area contributed by atoms with Gasteiger partial charge in [0.2, 0.25) is 0 Å². The van der Waals surface area contributed by atoms with E-state index in [0.29, 0.717) is 19.6 Å². The second-order valence-corrected chi connectivity index (χ2v) is 4.88. The molecule has 0 saturated heterocycles. The van der Waals surface area contributed by atoms with Gasteiger partial charge >= 0.3 is 5.97 Å². The van der Waals surface area contributed by atoms with Gasteiger partial charge in [0.15, 0.2) is 5.96 Å². The van der Waals surface area contributed by atoms with E-state index < -0.39 is 0 Å². The number of ether oxygens (including phenoxy) is 1. The lowest BCUT2D eigenvalue weighted by atomic mass is 10.1. The highest BCUT2D eigenvalue weighted by Crippen LogP contribution is 2.08. The van der Waals surface area contributed by atoms with Gasteiger partial charge in [-0.2, -0.15) is 0 Å². The van der Waals surface area contributed by atoms with Gasteiger partial charge in [0, 0.05) is 26.6 Å². The van der Waals surface area contributed by atoms with Crippen LogP contribution in [0.25, 0.3) is 0 Å². The number of carbonyl (C=O) groups is 1. The molecule has 0 aliphatic rings. The predicted octanol–water partition coefficient (Wildman–Crippen LogP) is 2.26. The summed E-state index contributed by atoms with van der Waals surface area (Å²) in [5.41, 5.74) is 2.62. The van der Waals surface area contributed by atoms with E-state index in [1.54, 1.807) is 7.05 Å². The molecule has 0 aliphatic heterocycles. The average Bonchev–Trinajstić information content (AvgIpc) is 2.54. The summed E-state index contributed by atoms with van der Waals surface area (Å²) in [5, 5.41) is 6.50. The molecule has 2 N–H and O–H groups in total. The van der Waals surface area contributed by atoms with E-state index in [1.807, 2.05) is 13.0 Å². The lowest BCUT2D eigenvalue weighted by molar-refractivity contribution is -0.143. The van der Waals surface area contributed by atoms with E-state index in [2.05, 4.69) is 40.7 Å². The van der Waals surface area contributed by atoms with Crippen molar-refractivity contribution in [3.8, 4) is 0 Å². The highest BCUT2D eigenvalue weighted by atomic mass is 16.5. The Balaban J connectivity index is 2.32. The first-order valence-electron chi connectivity index (χ1n) is 7.88. The summed E-state index contributed by atoms with van der Waals surface area (Å²) in [7, 11) is 1.74. The van der Waals surface area contributed by atoms with Gasteiger partial charge in [-0.3, -0.25) is 9.79 Å². The van der Waals surface area contributed by atoms with Crippen molar-refractivity contribution in [1.29, 1.82) is 0 Å². The van der Waals surface area contributed by atoms with Crippen molar-refractivity contribution in [3.05, 3.63) is 35.4 Å². The van der Waals surface area contributed by atoms with Crippen molar-refractivity contribution < 1.29 is 9.53 Å². The van der Waals surface area contributed by atoms with E-state index in [1.165, 1.54) is 11.1 Å². The lowest BCUT2D eigenvalue weighted by Gasteiger charge is -2.13.